The van der Waals surface area contributed by atoms with Crippen molar-refractivity contribution in [3.8, 4) is 0 Å². The van der Waals surface area contributed by atoms with E-state index < -0.39 is 23.7 Å². The second-order valence-electron chi connectivity index (χ2n) is 6.12. The third-order valence-corrected chi connectivity index (χ3v) is 3.06. The molecule has 0 saturated carbocycles. The van der Waals surface area contributed by atoms with Crippen LogP contribution in [0.1, 0.15) is 34.6 Å². The van der Waals surface area contributed by atoms with Gasteiger partial charge in [0.1, 0.15) is 11.6 Å². The van der Waals surface area contributed by atoms with E-state index in [0.717, 1.165) is 0 Å². The fourth-order valence-electron chi connectivity index (χ4n) is 2.02. The number of aliphatic carboxylic acids is 1. The van der Waals surface area contributed by atoms with Gasteiger partial charge in [0.2, 0.25) is 0 Å². The van der Waals surface area contributed by atoms with E-state index in [4.69, 9.17) is 4.74 Å². The smallest absolute Gasteiger partial charge is 0.411 e. The van der Waals surface area contributed by atoms with E-state index >= 15 is 0 Å². The third kappa shape index (κ3) is 4.38. The lowest BCUT2D eigenvalue weighted by Crippen LogP contribution is -2.60. The van der Waals surface area contributed by atoms with Gasteiger partial charge in [-0.25, -0.2) is 9.59 Å². The Morgan fingerprint density at radius 3 is 2.26 bits per heavy atom. The fourth-order valence-corrected chi connectivity index (χ4v) is 2.02. The molecular formula is C13H24N2O4. The molecule has 0 spiro atoms. The number of carbonyl (C=O) groups excluding carboxylic acids is 1. The standard InChI is InChI=1S/C13H24N2O4/c1-9(2)14-6-7-15(10(8-14)11(16)17)12(18)19-13(3,4)5/h9-10H,6-8H2,1-5H3,(H,16,17)/t10-/m0/s1. The van der Waals surface area contributed by atoms with Gasteiger partial charge in [-0.05, 0) is 34.6 Å². The Bertz CT molecular complexity index is 349. The van der Waals surface area contributed by atoms with Crippen molar-refractivity contribution in [1.29, 1.82) is 0 Å². The van der Waals surface area contributed by atoms with Gasteiger partial charge in [-0.2, -0.15) is 0 Å². The maximum atomic E-state index is 12.0. The van der Waals surface area contributed by atoms with E-state index in [2.05, 4.69) is 4.90 Å². The summed E-state index contributed by atoms with van der Waals surface area (Å²) in [4.78, 5) is 26.7. The second kappa shape index (κ2) is 5.77. The lowest BCUT2D eigenvalue weighted by molar-refractivity contribution is -0.145. The van der Waals surface area contributed by atoms with Crippen LogP contribution in [0.5, 0.6) is 0 Å². The van der Waals surface area contributed by atoms with Gasteiger partial charge in [0.05, 0.1) is 0 Å². The van der Waals surface area contributed by atoms with Crippen molar-refractivity contribution < 1.29 is 19.4 Å². The van der Waals surface area contributed by atoms with Crippen molar-refractivity contribution in [3.05, 3.63) is 0 Å². The summed E-state index contributed by atoms with van der Waals surface area (Å²) in [6.45, 7) is 10.7. The topological polar surface area (TPSA) is 70.1 Å². The minimum atomic E-state index is -0.990. The first-order valence-corrected chi connectivity index (χ1v) is 6.58. The van der Waals surface area contributed by atoms with Crippen LogP contribution in [-0.2, 0) is 9.53 Å². The molecule has 1 fully saturated rings. The summed E-state index contributed by atoms with van der Waals surface area (Å²) in [5.74, 6) is -0.990. The molecule has 110 valence electrons. The quantitative estimate of drug-likeness (QED) is 0.823. The summed E-state index contributed by atoms with van der Waals surface area (Å²) in [5, 5.41) is 9.28. The normalized spacial score (nSPS) is 21.6. The highest BCUT2D eigenvalue weighted by atomic mass is 16.6. The van der Waals surface area contributed by atoms with Gasteiger partial charge in [-0.1, -0.05) is 0 Å². The molecule has 0 radical (unpaired) electrons. The van der Waals surface area contributed by atoms with Crippen LogP contribution < -0.4 is 0 Å². The molecule has 1 aliphatic heterocycles. The Labute approximate surface area is 114 Å². The minimum Gasteiger partial charge on any atom is -0.480 e. The molecule has 0 aliphatic carbocycles. The lowest BCUT2D eigenvalue weighted by Gasteiger charge is -2.41. The molecule has 1 amide bonds. The van der Waals surface area contributed by atoms with Crippen molar-refractivity contribution in [1.82, 2.24) is 9.80 Å². The maximum Gasteiger partial charge on any atom is 0.411 e. The van der Waals surface area contributed by atoms with E-state index in [1.807, 2.05) is 13.8 Å². The molecule has 0 aromatic heterocycles. The summed E-state index contributed by atoms with van der Waals surface area (Å²) >= 11 is 0. The molecule has 1 heterocycles. The summed E-state index contributed by atoms with van der Waals surface area (Å²) in [6, 6.07) is -0.575. The lowest BCUT2D eigenvalue weighted by atomic mass is 10.1. The summed E-state index contributed by atoms with van der Waals surface area (Å²) in [7, 11) is 0. The first kappa shape index (κ1) is 15.8. The van der Waals surface area contributed by atoms with Crippen molar-refractivity contribution in [2.45, 2.75) is 52.3 Å². The van der Waals surface area contributed by atoms with Gasteiger partial charge in [0, 0.05) is 25.7 Å². The van der Waals surface area contributed by atoms with E-state index in [0.29, 0.717) is 19.6 Å². The molecule has 19 heavy (non-hydrogen) atoms. The highest BCUT2D eigenvalue weighted by Gasteiger charge is 2.37. The number of carbonyl (C=O) groups is 2. The number of carboxylic acids is 1. The molecule has 0 aromatic rings. The average molecular weight is 272 g/mol. The predicted molar refractivity (Wildman–Crippen MR) is 71.1 cm³/mol. The van der Waals surface area contributed by atoms with Crippen LogP contribution >= 0.6 is 0 Å². The Kier molecular flexibility index (Phi) is 4.79. The van der Waals surface area contributed by atoms with E-state index in [1.54, 1.807) is 20.8 Å². The monoisotopic (exact) mass is 272 g/mol. The van der Waals surface area contributed by atoms with Crippen molar-refractivity contribution >= 4 is 12.1 Å². The SMILES string of the molecule is CC(C)N1CCN(C(=O)OC(C)(C)C)[C@H](C(=O)O)C1. The van der Waals surface area contributed by atoms with Crippen LogP contribution in [0.25, 0.3) is 0 Å². The number of amides is 1. The Morgan fingerprint density at radius 1 is 1.26 bits per heavy atom. The molecule has 1 saturated heterocycles. The third-order valence-electron chi connectivity index (χ3n) is 3.06. The largest absolute Gasteiger partial charge is 0.480 e. The minimum absolute atomic E-state index is 0.266. The highest BCUT2D eigenvalue weighted by Crippen LogP contribution is 2.17. The molecule has 6 nitrogen and oxygen atoms in total. The average Bonchev–Trinajstić information content (AvgIpc) is 2.25. The number of nitrogens with zero attached hydrogens (tertiary/aromatic N) is 2. The van der Waals surface area contributed by atoms with E-state index in [9.17, 15) is 14.7 Å². The fraction of sp³-hybridized carbons (Fsp3) is 0.846. The first-order chi connectivity index (χ1) is 8.61. The van der Waals surface area contributed by atoms with Crippen LogP contribution in [0, 0.1) is 0 Å². The van der Waals surface area contributed by atoms with Crippen LogP contribution in [0.4, 0.5) is 4.79 Å². The van der Waals surface area contributed by atoms with E-state index in [1.165, 1.54) is 4.90 Å². The van der Waals surface area contributed by atoms with Crippen LogP contribution in [0.15, 0.2) is 0 Å². The van der Waals surface area contributed by atoms with Crippen LogP contribution in [0.2, 0.25) is 0 Å². The van der Waals surface area contributed by atoms with Gasteiger partial charge < -0.3 is 9.84 Å². The van der Waals surface area contributed by atoms with Gasteiger partial charge >= 0.3 is 12.1 Å². The molecule has 1 aliphatic rings. The van der Waals surface area contributed by atoms with Gasteiger partial charge in [-0.15, -0.1) is 0 Å². The first-order valence-electron chi connectivity index (χ1n) is 6.58. The zero-order valence-electron chi connectivity index (χ0n) is 12.3. The number of piperazine rings is 1. The van der Waals surface area contributed by atoms with Crippen molar-refractivity contribution in [2.75, 3.05) is 19.6 Å². The van der Waals surface area contributed by atoms with Gasteiger partial charge in [-0.3, -0.25) is 9.80 Å². The molecule has 0 bridgehead atoms. The second-order valence-corrected chi connectivity index (χ2v) is 6.12. The molecule has 1 N–H and O–H groups in total. The molecule has 0 unspecified atom stereocenters. The van der Waals surface area contributed by atoms with Gasteiger partial charge in [0.25, 0.3) is 0 Å². The van der Waals surface area contributed by atoms with Crippen LogP contribution in [-0.4, -0.2) is 64.3 Å². The predicted octanol–water partition coefficient (Wildman–Crippen LogP) is 1.40. The Morgan fingerprint density at radius 2 is 1.84 bits per heavy atom. The number of hydrogen-bond donors (Lipinski definition) is 1. The Balaban J connectivity index is 2.77. The number of rotatable bonds is 2. The van der Waals surface area contributed by atoms with Gasteiger partial charge in [0.15, 0.2) is 0 Å². The molecule has 6 heteroatoms. The summed E-state index contributed by atoms with van der Waals surface area (Å²) < 4.78 is 5.26. The number of ether oxygens (including phenoxy) is 1. The number of carboxylic acid groups (broad SMARTS) is 1. The zero-order chi connectivity index (χ0) is 14.8. The molecule has 1 atom stereocenters. The zero-order valence-corrected chi connectivity index (χ0v) is 12.3. The summed E-state index contributed by atoms with van der Waals surface area (Å²) in [6.07, 6.45) is -0.552. The molecule has 1 rings (SSSR count). The Hall–Kier alpha value is -1.30. The van der Waals surface area contributed by atoms with Crippen molar-refractivity contribution in [2.24, 2.45) is 0 Å². The molecular weight excluding hydrogens is 248 g/mol. The van der Waals surface area contributed by atoms with Crippen molar-refractivity contribution in [3.63, 3.8) is 0 Å². The summed E-state index contributed by atoms with van der Waals surface area (Å²) in [5.41, 5.74) is -0.616. The number of hydrogen-bond acceptors (Lipinski definition) is 4. The van der Waals surface area contributed by atoms with Crippen LogP contribution in [0.3, 0.4) is 0 Å². The maximum absolute atomic E-state index is 12.0. The van der Waals surface area contributed by atoms with E-state index in [-0.39, 0.29) is 6.04 Å². The molecule has 0 aromatic carbocycles. The highest BCUT2D eigenvalue weighted by molar-refractivity contribution is 5.80.